The monoisotopic (exact) mass is 575 g/mol. The first-order chi connectivity index (χ1) is 19.8. The molecule has 2 aromatic heterocycles. The average molecular weight is 576 g/mol. The summed E-state index contributed by atoms with van der Waals surface area (Å²) >= 11 is 1.46. The molecule has 0 atom stereocenters. The van der Waals surface area contributed by atoms with Crippen molar-refractivity contribution < 1.29 is 18.3 Å². The van der Waals surface area contributed by atoms with Gasteiger partial charge in [0.15, 0.2) is 11.6 Å². The van der Waals surface area contributed by atoms with E-state index in [1.54, 1.807) is 36.4 Å². The molecule has 4 N–H and O–H groups in total. The fourth-order valence-electron chi connectivity index (χ4n) is 4.60. The number of hydrogen-bond donors (Lipinski definition) is 3. The summed E-state index contributed by atoms with van der Waals surface area (Å²) in [5.74, 6) is 0.971. The maximum atomic E-state index is 14.0. The molecule has 0 radical (unpaired) electrons. The second-order valence-electron chi connectivity index (χ2n) is 10.0. The number of aromatic amines is 1. The predicted molar refractivity (Wildman–Crippen MR) is 162 cm³/mol. The molecule has 0 bridgehead atoms. The van der Waals surface area contributed by atoms with E-state index in [-0.39, 0.29) is 35.5 Å². The molecule has 0 aliphatic carbocycles. The van der Waals surface area contributed by atoms with Crippen molar-refractivity contribution in [3.8, 4) is 17.2 Å². The van der Waals surface area contributed by atoms with E-state index in [1.807, 2.05) is 19.1 Å². The predicted octanol–water partition coefficient (Wildman–Crippen LogP) is 7.95. The summed E-state index contributed by atoms with van der Waals surface area (Å²) in [6.07, 6.45) is 1.94. The molecule has 0 unspecified atom stereocenters. The zero-order valence-electron chi connectivity index (χ0n) is 23.0. The lowest BCUT2D eigenvalue weighted by Crippen LogP contribution is -2.08. The first-order valence-corrected chi connectivity index (χ1v) is 14.3. The molecule has 10 heteroatoms. The van der Waals surface area contributed by atoms with Crippen LogP contribution in [0.4, 0.5) is 20.3 Å². The van der Waals surface area contributed by atoms with Crippen LogP contribution < -0.4 is 15.2 Å². The Morgan fingerprint density at radius 2 is 1.98 bits per heavy atom. The smallest absolute Gasteiger partial charge is 0.214 e. The molecule has 0 fully saturated rings. The van der Waals surface area contributed by atoms with Gasteiger partial charge in [-0.2, -0.15) is 5.10 Å². The molecule has 0 saturated carbocycles. The third-order valence-electron chi connectivity index (χ3n) is 6.73. The fraction of sp³-hybridized carbons (Fsp3) is 0.226. The number of aryl methyl sites for hydroxylation is 1. The Labute approximate surface area is 241 Å². The van der Waals surface area contributed by atoms with Crippen LogP contribution in [0.2, 0.25) is 0 Å². The third-order valence-corrected chi connectivity index (χ3v) is 7.59. The van der Waals surface area contributed by atoms with E-state index >= 15 is 0 Å². The molecule has 3 aromatic carbocycles. The van der Waals surface area contributed by atoms with E-state index < -0.39 is 5.82 Å². The van der Waals surface area contributed by atoms with Gasteiger partial charge in [-0.25, -0.2) is 9.07 Å². The molecule has 0 saturated heterocycles. The molecule has 0 amide bonds. The number of nitrogens with zero attached hydrogens (tertiary/aromatic N) is 2. The molecule has 0 spiro atoms. The lowest BCUT2D eigenvalue weighted by molar-refractivity contribution is 0.103. The maximum absolute atomic E-state index is 14.0. The van der Waals surface area contributed by atoms with Crippen molar-refractivity contribution in [2.75, 3.05) is 22.9 Å². The van der Waals surface area contributed by atoms with E-state index in [0.717, 1.165) is 27.7 Å². The first kappa shape index (κ1) is 28.2. The van der Waals surface area contributed by atoms with Crippen molar-refractivity contribution in [1.29, 1.82) is 0 Å². The van der Waals surface area contributed by atoms with Crippen LogP contribution in [-0.2, 0) is 0 Å². The summed E-state index contributed by atoms with van der Waals surface area (Å²) in [5, 5.41) is 5.30. The number of benzene rings is 3. The van der Waals surface area contributed by atoms with Crippen LogP contribution in [0.15, 0.2) is 66.9 Å². The quantitative estimate of drug-likeness (QED) is 0.0840. The van der Waals surface area contributed by atoms with Crippen LogP contribution >= 0.6 is 11.9 Å². The number of nitrogens with one attached hydrogen (secondary N) is 2. The fourth-order valence-corrected chi connectivity index (χ4v) is 5.28. The summed E-state index contributed by atoms with van der Waals surface area (Å²) in [4.78, 5) is 16.8. The van der Waals surface area contributed by atoms with Crippen molar-refractivity contribution in [3.63, 3.8) is 0 Å². The van der Waals surface area contributed by atoms with Crippen LogP contribution in [0.1, 0.15) is 53.4 Å². The highest BCUT2D eigenvalue weighted by Gasteiger charge is 2.21. The third kappa shape index (κ3) is 5.92. The number of hydrogen-bond acceptors (Lipinski definition) is 6. The SMILES string of the molecule is Cc1cc(Oc2ccccc2F)ccc1-n1ncc(C(=O)c2cc3cc(C(C)C)c(NSCCCF)cc3[nH]2)c1N. The average Bonchev–Trinajstić information content (AvgIpc) is 3.54. The molecule has 5 aromatic rings. The van der Waals surface area contributed by atoms with E-state index in [1.165, 1.54) is 28.9 Å². The minimum Gasteiger partial charge on any atom is -0.454 e. The molecule has 0 aliphatic heterocycles. The Balaban J connectivity index is 1.40. The molecular weight excluding hydrogens is 544 g/mol. The number of carbonyl (C=O) groups is 1. The molecule has 212 valence electrons. The molecule has 5 rings (SSSR count). The number of fused-ring (bicyclic) bond motifs is 1. The number of alkyl halides is 1. The number of nitrogens with two attached hydrogens (primary N) is 1. The Hall–Kier alpha value is -4.31. The Bertz CT molecular complexity index is 1710. The molecular formula is C31H31F2N5O2S. The zero-order valence-corrected chi connectivity index (χ0v) is 23.8. The first-order valence-electron chi connectivity index (χ1n) is 13.3. The number of nitrogen functional groups attached to an aromatic ring is 1. The molecule has 0 aliphatic rings. The summed E-state index contributed by atoms with van der Waals surface area (Å²) in [7, 11) is 0. The van der Waals surface area contributed by atoms with Crippen molar-refractivity contribution in [1.82, 2.24) is 14.8 Å². The normalized spacial score (nSPS) is 11.4. The molecule has 7 nitrogen and oxygen atoms in total. The van der Waals surface area contributed by atoms with Crippen LogP contribution in [0, 0.1) is 12.7 Å². The number of ketones is 1. The number of para-hydroxylation sites is 1. The van der Waals surface area contributed by atoms with Gasteiger partial charge >= 0.3 is 0 Å². The van der Waals surface area contributed by atoms with Gasteiger partial charge in [-0.05, 0) is 78.9 Å². The summed E-state index contributed by atoms with van der Waals surface area (Å²) in [6.45, 7) is 5.72. The number of anilines is 2. The van der Waals surface area contributed by atoms with Crippen molar-refractivity contribution in [2.24, 2.45) is 0 Å². The van der Waals surface area contributed by atoms with Crippen molar-refractivity contribution in [3.05, 3.63) is 95.1 Å². The molecule has 41 heavy (non-hydrogen) atoms. The number of ether oxygens (including phenoxy) is 1. The Kier molecular flexibility index (Phi) is 8.30. The second kappa shape index (κ2) is 12.1. The van der Waals surface area contributed by atoms with E-state index in [2.05, 4.69) is 34.7 Å². The van der Waals surface area contributed by atoms with E-state index in [4.69, 9.17) is 10.5 Å². The topological polar surface area (TPSA) is 98.0 Å². The molecule has 2 heterocycles. The highest BCUT2D eigenvalue weighted by atomic mass is 32.2. The van der Waals surface area contributed by atoms with Crippen LogP contribution in [0.25, 0.3) is 16.6 Å². The van der Waals surface area contributed by atoms with Gasteiger partial charge in [0.05, 0.1) is 29.8 Å². The van der Waals surface area contributed by atoms with Crippen molar-refractivity contribution >= 4 is 40.1 Å². The highest BCUT2D eigenvalue weighted by Crippen LogP contribution is 2.33. The van der Waals surface area contributed by atoms with Crippen LogP contribution in [-0.4, -0.2) is 33.0 Å². The van der Waals surface area contributed by atoms with Crippen LogP contribution in [0.3, 0.4) is 0 Å². The van der Waals surface area contributed by atoms with Gasteiger partial charge in [-0.15, -0.1) is 0 Å². The Morgan fingerprint density at radius 1 is 1.17 bits per heavy atom. The van der Waals surface area contributed by atoms with E-state index in [9.17, 15) is 13.6 Å². The largest absolute Gasteiger partial charge is 0.454 e. The van der Waals surface area contributed by atoms with Gasteiger partial charge in [-0.3, -0.25) is 9.18 Å². The summed E-state index contributed by atoms with van der Waals surface area (Å²) < 4.78 is 37.0. The summed E-state index contributed by atoms with van der Waals surface area (Å²) in [6, 6.07) is 17.3. The highest BCUT2D eigenvalue weighted by molar-refractivity contribution is 8.00. The number of carbonyl (C=O) groups excluding carboxylic acids is 1. The van der Waals surface area contributed by atoms with Gasteiger partial charge < -0.3 is 20.2 Å². The standard InChI is InChI=1S/C31H31F2N5O2S/c1-18(2)22-14-20-15-27(36-25(20)16-26(22)37-41-12-6-11-32)30(39)23-17-35-38(31(23)34)28-10-9-21(13-19(28)3)40-29-8-5-4-7-24(29)33/h4-5,7-10,13-18,36-37H,6,11-12,34H2,1-3H3. The Morgan fingerprint density at radius 3 is 2.71 bits per heavy atom. The minimum atomic E-state index is -0.453. The summed E-state index contributed by atoms with van der Waals surface area (Å²) in [5.41, 5.74) is 11.4. The van der Waals surface area contributed by atoms with Gasteiger partial charge in [0, 0.05) is 22.3 Å². The lowest BCUT2D eigenvalue weighted by atomic mass is 9.99. The number of rotatable bonds is 11. The minimum absolute atomic E-state index is 0.128. The number of aromatic nitrogens is 3. The van der Waals surface area contributed by atoms with Gasteiger partial charge in [0.2, 0.25) is 5.78 Å². The van der Waals surface area contributed by atoms with Gasteiger partial charge in [0.25, 0.3) is 0 Å². The lowest BCUT2D eigenvalue weighted by Gasteiger charge is -2.14. The van der Waals surface area contributed by atoms with Crippen molar-refractivity contribution in [2.45, 2.75) is 33.1 Å². The number of H-pyrrole nitrogens is 1. The van der Waals surface area contributed by atoms with E-state index in [0.29, 0.717) is 29.3 Å². The number of halogens is 2. The maximum Gasteiger partial charge on any atom is 0.214 e. The van der Waals surface area contributed by atoms with Crippen LogP contribution in [0.5, 0.6) is 11.5 Å². The second-order valence-corrected chi connectivity index (χ2v) is 10.9. The van der Waals surface area contributed by atoms with Gasteiger partial charge in [-0.1, -0.05) is 37.9 Å². The van der Waals surface area contributed by atoms with Gasteiger partial charge in [0.1, 0.15) is 11.6 Å². The zero-order chi connectivity index (χ0) is 29.1.